The van der Waals surface area contributed by atoms with Crippen molar-refractivity contribution in [3.63, 3.8) is 0 Å². The third kappa shape index (κ3) is 3.29. The summed E-state index contributed by atoms with van der Waals surface area (Å²) in [7, 11) is 1.77. The first-order valence-corrected chi connectivity index (χ1v) is 11.9. The molecule has 1 saturated carbocycles. The summed E-state index contributed by atoms with van der Waals surface area (Å²) in [4.78, 5) is 20.9. The van der Waals surface area contributed by atoms with Crippen LogP contribution in [0.5, 0.6) is 0 Å². The minimum absolute atomic E-state index is 0.103. The summed E-state index contributed by atoms with van der Waals surface area (Å²) in [6.45, 7) is 3.99. The van der Waals surface area contributed by atoms with Crippen LogP contribution in [0.3, 0.4) is 0 Å². The van der Waals surface area contributed by atoms with E-state index in [0.717, 1.165) is 43.2 Å². The van der Waals surface area contributed by atoms with Crippen LogP contribution in [-0.2, 0) is 31.0 Å². The molecule has 8 heteroatoms. The van der Waals surface area contributed by atoms with Gasteiger partial charge in [-0.05, 0) is 54.9 Å². The predicted octanol–water partition coefficient (Wildman–Crippen LogP) is 2.09. The van der Waals surface area contributed by atoms with Crippen LogP contribution in [0.2, 0.25) is 0 Å². The van der Waals surface area contributed by atoms with Gasteiger partial charge in [0.05, 0.1) is 50.2 Å². The Hall–Kier alpha value is -2.47. The lowest BCUT2D eigenvalue weighted by Gasteiger charge is -2.48. The van der Waals surface area contributed by atoms with Crippen LogP contribution in [0.15, 0.2) is 23.2 Å². The number of hydrogen-bond acceptors (Lipinski definition) is 7. The fourth-order valence-electron chi connectivity index (χ4n) is 6.63. The summed E-state index contributed by atoms with van der Waals surface area (Å²) in [5.74, 6) is 0.457. The minimum atomic E-state index is -1.11. The van der Waals surface area contributed by atoms with Crippen molar-refractivity contribution in [1.82, 2.24) is 4.90 Å². The summed E-state index contributed by atoms with van der Waals surface area (Å²) < 4.78 is 17.1. The molecule has 5 rings (SSSR count). The molecule has 176 valence electrons. The Bertz CT molecular complexity index is 1010. The molecule has 2 aliphatic heterocycles. The van der Waals surface area contributed by atoms with Crippen molar-refractivity contribution in [1.29, 1.82) is 5.26 Å². The standard InChI is InChI=1S/C25H32N4O4/c1-3-17-11-24(7-6-21(17)31-2)12-18-5-4-16(13-26)10-20(18)25(24)22(30)29(23(27)28-25)14-19-15-32-8-9-33-19/h4-5,10,17,19,21H,3,6-9,11-12,14-15H2,1-2H3,(H2,27,28)/t17-,19+,21-,24-,25-/m1/s1. The molecule has 1 amide bonds. The first kappa shape index (κ1) is 22.3. The highest BCUT2D eigenvalue weighted by Crippen LogP contribution is 2.63. The molecule has 0 unspecified atom stereocenters. The molecule has 1 saturated heterocycles. The summed E-state index contributed by atoms with van der Waals surface area (Å²) in [6.07, 6.45) is 4.19. The Labute approximate surface area is 194 Å². The quantitative estimate of drug-likeness (QED) is 0.749. The molecule has 0 aromatic heterocycles. The van der Waals surface area contributed by atoms with Crippen LogP contribution >= 0.6 is 0 Å². The molecule has 0 radical (unpaired) electrons. The number of ether oxygens (including phenoxy) is 3. The molecule has 2 N–H and O–H groups in total. The van der Waals surface area contributed by atoms with Gasteiger partial charge in [0.25, 0.3) is 5.91 Å². The highest BCUT2D eigenvalue weighted by molar-refractivity contribution is 6.08. The van der Waals surface area contributed by atoms with E-state index in [2.05, 4.69) is 13.0 Å². The van der Waals surface area contributed by atoms with E-state index in [1.54, 1.807) is 12.0 Å². The summed E-state index contributed by atoms with van der Waals surface area (Å²) in [6, 6.07) is 7.91. The van der Waals surface area contributed by atoms with E-state index in [0.29, 0.717) is 37.8 Å². The number of benzene rings is 1. The van der Waals surface area contributed by atoms with Crippen molar-refractivity contribution >= 4 is 11.9 Å². The zero-order valence-corrected chi connectivity index (χ0v) is 19.4. The molecule has 1 aromatic rings. The molecule has 8 nitrogen and oxygen atoms in total. The number of nitrogens with two attached hydrogens (primary N) is 1. The molecule has 0 bridgehead atoms. The zero-order valence-electron chi connectivity index (χ0n) is 19.4. The van der Waals surface area contributed by atoms with Gasteiger partial charge in [-0.2, -0.15) is 5.26 Å². The average molecular weight is 453 g/mol. The normalized spacial score (nSPS) is 35.7. The number of nitriles is 1. The van der Waals surface area contributed by atoms with Crippen LogP contribution in [-0.4, -0.2) is 62.4 Å². The zero-order chi connectivity index (χ0) is 23.2. The van der Waals surface area contributed by atoms with E-state index in [9.17, 15) is 10.1 Å². The maximum atomic E-state index is 14.3. The second-order valence-corrected chi connectivity index (χ2v) is 9.79. The van der Waals surface area contributed by atoms with Gasteiger partial charge in [0.15, 0.2) is 11.5 Å². The van der Waals surface area contributed by atoms with E-state index in [-0.39, 0.29) is 29.5 Å². The lowest BCUT2D eigenvalue weighted by Crippen LogP contribution is -2.55. The first-order valence-electron chi connectivity index (χ1n) is 11.9. The van der Waals surface area contributed by atoms with Crippen LogP contribution in [0.4, 0.5) is 0 Å². The minimum Gasteiger partial charge on any atom is -0.381 e. The Kier molecular flexibility index (Phi) is 5.68. The van der Waals surface area contributed by atoms with E-state index < -0.39 is 5.54 Å². The number of hydrogen-bond donors (Lipinski definition) is 1. The highest BCUT2D eigenvalue weighted by atomic mass is 16.6. The van der Waals surface area contributed by atoms with Crippen LogP contribution < -0.4 is 5.73 Å². The lowest BCUT2D eigenvalue weighted by molar-refractivity contribution is -0.144. The van der Waals surface area contributed by atoms with Crippen LogP contribution in [0.25, 0.3) is 0 Å². The molecule has 2 heterocycles. The van der Waals surface area contributed by atoms with Crippen molar-refractivity contribution in [2.45, 2.75) is 56.8 Å². The molecule has 2 fully saturated rings. The number of amides is 1. The number of fused-ring (bicyclic) bond motifs is 3. The Morgan fingerprint density at radius 3 is 2.94 bits per heavy atom. The second-order valence-electron chi connectivity index (χ2n) is 9.79. The Balaban J connectivity index is 1.59. The molecule has 1 aromatic carbocycles. The number of methoxy groups -OCH3 is 1. The summed E-state index contributed by atoms with van der Waals surface area (Å²) in [5, 5.41) is 9.58. The number of guanidine groups is 1. The predicted molar refractivity (Wildman–Crippen MR) is 121 cm³/mol. The van der Waals surface area contributed by atoms with Gasteiger partial charge in [0.1, 0.15) is 0 Å². The van der Waals surface area contributed by atoms with Gasteiger partial charge in [0.2, 0.25) is 0 Å². The van der Waals surface area contributed by atoms with Crippen LogP contribution in [0.1, 0.15) is 49.3 Å². The van der Waals surface area contributed by atoms with E-state index in [4.69, 9.17) is 24.9 Å². The fourth-order valence-corrected chi connectivity index (χ4v) is 6.63. The van der Waals surface area contributed by atoms with Gasteiger partial charge in [-0.1, -0.05) is 19.4 Å². The third-order valence-electron chi connectivity index (χ3n) is 8.22. The van der Waals surface area contributed by atoms with Crippen molar-refractivity contribution in [3.8, 4) is 6.07 Å². The molecule has 2 aliphatic carbocycles. The van der Waals surface area contributed by atoms with Gasteiger partial charge in [-0.3, -0.25) is 9.69 Å². The van der Waals surface area contributed by atoms with Crippen LogP contribution in [0, 0.1) is 22.7 Å². The highest BCUT2D eigenvalue weighted by Gasteiger charge is 2.67. The van der Waals surface area contributed by atoms with E-state index >= 15 is 0 Å². The van der Waals surface area contributed by atoms with Gasteiger partial charge in [-0.15, -0.1) is 0 Å². The lowest BCUT2D eigenvalue weighted by atomic mass is 9.58. The molecule has 4 aliphatic rings. The summed E-state index contributed by atoms with van der Waals surface area (Å²) >= 11 is 0. The monoisotopic (exact) mass is 452 g/mol. The van der Waals surface area contributed by atoms with E-state index in [1.165, 1.54) is 0 Å². The SMILES string of the molecule is CC[C@@H]1C[C@]2(CC[C@H]1OC)Cc1ccc(C#N)cc1[C@]21N=C(N)N(C[C@H]2COCCO2)C1=O. The summed E-state index contributed by atoms with van der Waals surface area (Å²) in [5.41, 5.74) is 7.41. The molecular weight excluding hydrogens is 420 g/mol. The number of carbonyl (C=O) groups excluding carboxylic acids is 1. The number of carbonyl (C=O) groups is 1. The molecule has 5 atom stereocenters. The number of aliphatic imine (C=N–C) groups is 1. The number of rotatable bonds is 4. The van der Waals surface area contributed by atoms with Crippen molar-refractivity contribution in [2.75, 3.05) is 33.5 Å². The Morgan fingerprint density at radius 2 is 2.24 bits per heavy atom. The maximum Gasteiger partial charge on any atom is 0.262 e. The molecular formula is C25H32N4O4. The van der Waals surface area contributed by atoms with Gasteiger partial charge >= 0.3 is 0 Å². The van der Waals surface area contributed by atoms with E-state index in [1.807, 2.05) is 18.2 Å². The van der Waals surface area contributed by atoms with Gasteiger partial charge in [0, 0.05) is 12.5 Å². The second kappa shape index (κ2) is 8.39. The average Bonchev–Trinajstić information content (AvgIpc) is 3.25. The molecule has 2 spiro atoms. The largest absolute Gasteiger partial charge is 0.381 e. The first-order chi connectivity index (χ1) is 16.0. The number of nitrogens with zero attached hydrogens (tertiary/aromatic N) is 3. The maximum absolute atomic E-state index is 14.3. The smallest absolute Gasteiger partial charge is 0.262 e. The van der Waals surface area contributed by atoms with Crippen molar-refractivity contribution in [2.24, 2.45) is 22.1 Å². The van der Waals surface area contributed by atoms with Crippen molar-refractivity contribution in [3.05, 3.63) is 34.9 Å². The van der Waals surface area contributed by atoms with Gasteiger partial charge in [-0.25, -0.2) is 4.99 Å². The Morgan fingerprint density at radius 1 is 1.39 bits per heavy atom. The fraction of sp³-hybridized carbons (Fsp3) is 0.640. The topological polar surface area (TPSA) is 110 Å². The van der Waals surface area contributed by atoms with Gasteiger partial charge < -0.3 is 19.9 Å². The molecule has 33 heavy (non-hydrogen) atoms. The van der Waals surface area contributed by atoms with Crippen molar-refractivity contribution < 1.29 is 19.0 Å². The third-order valence-corrected chi connectivity index (χ3v) is 8.22.